The van der Waals surface area contributed by atoms with Crippen molar-refractivity contribution >= 4 is 5.71 Å². The van der Waals surface area contributed by atoms with Crippen molar-refractivity contribution < 1.29 is 4.58 Å². The van der Waals surface area contributed by atoms with E-state index < -0.39 is 0 Å². The number of nitrogens with zero attached hydrogens (tertiary/aromatic N) is 1. The van der Waals surface area contributed by atoms with Crippen LogP contribution in [-0.2, 0) is 0 Å². The second-order valence-electron chi connectivity index (χ2n) is 4.58. The largest absolute Gasteiger partial charge is 0.242 e. The molecule has 1 heteroatoms. The highest BCUT2D eigenvalue weighted by molar-refractivity contribution is 5.93. The van der Waals surface area contributed by atoms with Gasteiger partial charge in [-0.05, 0) is 5.92 Å². The quantitative estimate of drug-likeness (QED) is 0.470. The summed E-state index contributed by atoms with van der Waals surface area (Å²) in [7, 11) is 4.30. The molecule has 0 radical (unpaired) electrons. The maximum Gasteiger partial charge on any atom is 0.160 e. The fraction of sp³-hybridized carbons (Fsp3) is 0.900. The molecule has 0 saturated heterocycles. The maximum atomic E-state index is 2.34. The molecule has 0 amide bonds. The molecule has 11 heavy (non-hydrogen) atoms. The fourth-order valence-corrected chi connectivity index (χ4v) is 2.57. The van der Waals surface area contributed by atoms with Gasteiger partial charge in [0.15, 0.2) is 5.71 Å². The van der Waals surface area contributed by atoms with Gasteiger partial charge in [-0.1, -0.05) is 27.7 Å². The summed E-state index contributed by atoms with van der Waals surface area (Å²) in [6.45, 7) is 9.35. The lowest BCUT2D eigenvalue weighted by atomic mass is 9.55. The van der Waals surface area contributed by atoms with E-state index in [0.717, 1.165) is 11.8 Å². The summed E-state index contributed by atoms with van der Waals surface area (Å²) in [6.07, 6.45) is 0. The van der Waals surface area contributed by atoms with Gasteiger partial charge in [-0.25, -0.2) is 4.58 Å². The van der Waals surface area contributed by atoms with Crippen molar-refractivity contribution in [3.8, 4) is 0 Å². The summed E-state index contributed by atoms with van der Waals surface area (Å²) in [5.74, 6) is 1.61. The average Bonchev–Trinajstić information content (AvgIpc) is 1.85. The lowest BCUT2D eigenvalue weighted by molar-refractivity contribution is -0.476. The van der Waals surface area contributed by atoms with E-state index in [1.165, 1.54) is 0 Å². The molecule has 2 atom stereocenters. The minimum atomic E-state index is 0.433. The summed E-state index contributed by atoms with van der Waals surface area (Å²) in [5.41, 5.74) is 2.04. The standard InChI is InChI=1S/C10H20N/c1-7-8(2)10(3,4)9(7)11(5)6/h7-8H,1-6H3/q+1/t7-,8-/m1/s1. The highest BCUT2D eigenvalue weighted by Crippen LogP contribution is 2.47. The van der Waals surface area contributed by atoms with Gasteiger partial charge in [-0.3, -0.25) is 0 Å². The molecule has 0 N–H and O–H groups in total. The van der Waals surface area contributed by atoms with Crippen LogP contribution < -0.4 is 0 Å². The second kappa shape index (κ2) is 2.33. The Morgan fingerprint density at radius 3 is 1.82 bits per heavy atom. The van der Waals surface area contributed by atoms with E-state index >= 15 is 0 Å². The monoisotopic (exact) mass is 154 g/mol. The minimum Gasteiger partial charge on any atom is -0.242 e. The molecule has 1 saturated carbocycles. The summed E-state index contributed by atoms with van der Waals surface area (Å²) < 4.78 is 2.28. The van der Waals surface area contributed by atoms with Crippen LogP contribution >= 0.6 is 0 Å². The summed E-state index contributed by atoms with van der Waals surface area (Å²) in [4.78, 5) is 0. The van der Waals surface area contributed by atoms with E-state index in [0.29, 0.717) is 5.41 Å². The first-order chi connectivity index (χ1) is 4.89. The first-order valence-electron chi connectivity index (χ1n) is 4.43. The zero-order valence-electron chi connectivity index (χ0n) is 8.60. The first kappa shape index (κ1) is 8.76. The highest BCUT2D eigenvalue weighted by Gasteiger charge is 2.53. The lowest BCUT2D eigenvalue weighted by Crippen LogP contribution is -2.55. The van der Waals surface area contributed by atoms with Gasteiger partial charge in [0, 0.05) is 11.3 Å². The van der Waals surface area contributed by atoms with Crippen LogP contribution in [0.5, 0.6) is 0 Å². The van der Waals surface area contributed by atoms with Crippen LogP contribution in [0.3, 0.4) is 0 Å². The molecule has 64 valence electrons. The Kier molecular flexibility index (Phi) is 1.85. The zero-order valence-corrected chi connectivity index (χ0v) is 8.60. The van der Waals surface area contributed by atoms with Crippen LogP contribution in [0.25, 0.3) is 0 Å². The Bertz CT molecular complexity index is 197. The number of hydrogen-bond acceptors (Lipinski definition) is 0. The van der Waals surface area contributed by atoms with E-state index in [1.54, 1.807) is 5.71 Å². The highest BCUT2D eigenvalue weighted by atomic mass is 15.0. The van der Waals surface area contributed by atoms with Crippen molar-refractivity contribution in [3.63, 3.8) is 0 Å². The minimum absolute atomic E-state index is 0.433. The van der Waals surface area contributed by atoms with Crippen LogP contribution in [0.1, 0.15) is 27.7 Å². The van der Waals surface area contributed by atoms with Crippen LogP contribution in [0.2, 0.25) is 0 Å². The van der Waals surface area contributed by atoms with E-state index in [1.807, 2.05) is 0 Å². The smallest absolute Gasteiger partial charge is 0.160 e. The van der Waals surface area contributed by atoms with Crippen LogP contribution in [0.4, 0.5) is 0 Å². The second-order valence-corrected chi connectivity index (χ2v) is 4.58. The third-order valence-electron chi connectivity index (χ3n) is 3.46. The summed E-state index contributed by atoms with van der Waals surface area (Å²) in [5, 5.41) is 0. The van der Waals surface area contributed by atoms with Crippen molar-refractivity contribution in [1.82, 2.24) is 0 Å². The predicted octanol–water partition coefficient (Wildman–Crippen LogP) is 2.01. The van der Waals surface area contributed by atoms with Gasteiger partial charge in [0.25, 0.3) is 0 Å². The topological polar surface area (TPSA) is 3.01 Å². The van der Waals surface area contributed by atoms with E-state index in [-0.39, 0.29) is 0 Å². The molecular formula is C10H20N+. The molecule has 1 aliphatic carbocycles. The van der Waals surface area contributed by atoms with E-state index in [2.05, 4.69) is 46.4 Å². The molecule has 0 aromatic heterocycles. The van der Waals surface area contributed by atoms with Crippen molar-refractivity contribution in [2.45, 2.75) is 27.7 Å². The number of rotatable bonds is 0. The summed E-state index contributed by atoms with van der Waals surface area (Å²) in [6, 6.07) is 0. The van der Waals surface area contributed by atoms with Gasteiger partial charge in [-0.15, -0.1) is 0 Å². The van der Waals surface area contributed by atoms with E-state index in [9.17, 15) is 0 Å². The molecule has 1 aliphatic rings. The molecule has 0 aliphatic heterocycles. The Hall–Kier alpha value is -0.330. The molecule has 0 bridgehead atoms. The van der Waals surface area contributed by atoms with Crippen molar-refractivity contribution in [2.24, 2.45) is 17.3 Å². The third-order valence-corrected chi connectivity index (χ3v) is 3.46. The van der Waals surface area contributed by atoms with Gasteiger partial charge >= 0.3 is 0 Å². The molecule has 0 aromatic rings. The van der Waals surface area contributed by atoms with Crippen molar-refractivity contribution in [2.75, 3.05) is 14.1 Å². The molecule has 1 nitrogen and oxygen atoms in total. The molecule has 0 unspecified atom stereocenters. The predicted molar refractivity (Wildman–Crippen MR) is 49.2 cm³/mol. The van der Waals surface area contributed by atoms with Gasteiger partial charge in [-0.2, -0.15) is 0 Å². The molecule has 1 fully saturated rings. The van der Waals surface area contributed by atoms with Gasteiger partial charge in [0.2, 0.25) is 0 Å². The average molecular weight is 154 g/mol. The molecular weight excluding hydrogens is 134 g/mol. The Labute approximate surface area is 70.1 Å². The van der Waals surface area contributed by atoms with Crippen LogP contribution in [0.15, 0.2) is 0 Å². The van der Waals surface area contributed by atoms with Crippen LogP contribution in [0, 0.1) is 17.3 Å². The fourth-order valence-electron chi connectivity index (χ4n) is 2.57. The van der Waals surface area contributed by atoms with Crippen molar-refractivity contribution in [1.29, 1.82) is 0 Å². The zero-order chi connectivity index (χ0) is 8.81. The lowest BCUT2D eigenvalue weighted by Gasteiger charge is -2.46. The van der Waals surface area contributed by atoms with Gasteiger partial charge < -0.3 is 0 Å². The van der Waals surface area contributed by atoms with E-state index in [4.69, 9.17) is 0 Å². The molecule has 1 rings (SSSR count). The molecule has 0 aromatic carbocycles. The Morgan fingerprint density at radius 1 is 1.18 bits per heavy atom. The van der Waals surface area contributed by atoms with Gasteiger partial charge in [0.1, 0.15) is 14.1 Å². The SMILES string of the molecule is C[C@@H]1[C@@H](C)C(=[N+](C)C)C1(C)C. The summed E-state index contributed by atoms with van der Waals surface area (Å²) >= 11 is 0. The normalized spacial score (nSPS) is 34.9. The van der Waals surface area contributed by atoms with Crippen molar-refractivity contribution in [3.05, 3.63) is 0 Å². The van der Waals surface area contributed by atoms with Gasteiger partial charge in [0.05, 0.1) is 0 Å². The van der Waals surface area contributed by atoms with Crippen LogP contribution in [-0.4, -0.2) is 24.4 Å². The first-order valence-corrected chi connectivity index (χ1v) is 4.43. The maximum absolute atomic E-state index is 2.34. The molecule has 0 spiro atoms. The third kappa shape index (κ3) is 1.02. The Balaban J connectivity index is 2.95. The number of hydrogen-bond donors (Lipinski definition) is 0. The molecule has 0 heterocycles. The Morgan fingerprint density at radius 2 is 1.64 bits per heavy atom.